The fourth-order valence-electron chi connectivity index (χ4n) is 4.36. The minimum absolute atomic E-state index is 0.0564. The number of hydrogen-bond donors (Lipinski definition) is 2. The van der Waals surface area contributed by atoms with Crippen molar-refractivity contribution in [1.29, 1.82) is 0 Å². The highest BCUT2D eigenvalue weighted by atomic mass is 16.5. The van der Waals surface area contributed by atoms with E-state index in [1.54, 1.807) is 7.05 Å². The van der Waals surface area contributed by atoms with E-state index in [0.29, 0.717) is 25.0 Å². The standard InChI is InChI=1S/C27H39NO3/c1-8-26(30,9-2)18-31-24-15-13-22(17-20(24)6)27(10-3,11-4)21-12-14-23(19(5)16-21)25(29)28-7/h12-17,30H,8-11,18H2,1-7H3,(H,28,29). The molecule has 0 saturated carbocycles. The molecular formula is C27H39NO3. The molecule has 2 N–H and O–H groups in total. The van der Waals surface area contributed by atoms with Crippen molar-refractivity contribution in [2.45, 2.75) is 78.2 Å². The van der Waals surface area contributed by atoms with Crippen LogP contribution in [-0.2, 0) is 5.41 Å². The summed E-state index contributed by atoms with van der Waals surface area (Å²) in [5.41, 5.74) is 4.31. The number of amides is 1. The lowest BCUT2D eigenvalue weighted by atomic mass is 9.70. The second-order valence-corrected chi connectivity index (χ2v) is 8.60. The molecule has 170 valence electrons. The highest BCUT2D eigenvalue weighted by Crippen LogP contribution is 2.41. The predicted molar refractivity (Wildman–Crippen MR) is 128 cm³/mol. The van der Waals surface area contributed by atoms with Crippen LogP contribution in [0.1, 0.15) is 86.0 Å². The number of aliphatic hydroxyl groups is 1. The summed E-state index contributed by atoms with van der Waals surface area (Å²) in [6, 6.07) is 12.6. The molecule has 0 bridgehead atoms. The van der Waals surface area contributed by atoms with Gasteiger partial charge in [-0.25, -0.2) is 0 Å². The Morgan fingerprint density at radius 2 is 1.45 bits per heavy atom. The van der Waals surface area contributed by atoms with E-state index >= 15 is 0 Å². The van der Waals surface area contributed by atoms with Gasteiger partial charge in [0.25, 0.3) is 5.91 Å². The summed E-state index contributed by atoms with van der Waals surface area (Å²) >= 11 is 0. The van der Waals surface area contributed by atoms with Crippen molar-refractivity contribution in [3.63, 3.8) is 0 Å². The van der Waals surface area contributed by atoms with E-state index < -0.39 is 5.60 Å². The lowest BCUT2D eigenvalue weighted by Crippen LogP contribution is -2.34. The monoisotopic (exact) mass is 425 g/mol. The van der Waals surface area contributed by atoms with Crippen molar-refractivity contribution in [3.8, 4) is 5.75 Å². The lowest BCUT2D eigenvalue weighted by Gasteiger charge is -2.34. The van der Waals surface area contributed by atoms with Crippen LogP contribution >= 0.6 is 0 Å². The van der Waals surface area contributed by atoms with Gasteiger partial charge in [0, 0.05) is 18.0 Å². The number of ether oxygens (including phenoxy) is 1. The molecule has 0 radical (unpaired) electrons. The van der Waals surface area contributed by atoms with Crippen LogP contribution < -0.4 is 10.1 Å². The first-order chi connectivity index (χ1) is 14.7. The Kier molecular flexibility index (Phi) is 8.30. The number of carbonyl (C=O) groups excluding carboxylic acids is 1. The van der Waals surface area contributed by atoms with Crippen LogP contribution in [0, 0.1) is 13.8 Å². The second kappa shape index (κ2) is 10.3. The van der Waals surface area contributed by atoms with Gasteiger partial charge in [-0.15, -0.1) is 0 Å². The summed E-state index contributed by atoms with van der Waals surface area (Å²) in [6.45, 7) is 12.8. The van der Waals surface area contributed by atoms with Crippen molar-refractivity contribution in [3.05, 3.63) is 64.2 Å². The molecule has 1 amide bonds. The molecule has 0 unspecified atom stereocenters. The van der Waals surface area contributed by atoms with E-state index in [2.05, 4.69) is 50.4 Å². The number of aryl methyl sites for hydroxylation is 2. The van der Waals surface area contributed by atoms with Crippen LogP contribution in [0.3, 0.4) is 0 Å². The molecule has 0 aromatic heterocycles. The topological polar surface area (TPSA) is 58.6 Å². The van der Waals surface area contributed by atoms with Crippen LogP contribution in [-0.4, -0.2) is 30.3 Å². The molecule has 4 nitrogen and oxygen atoms in total. The summed E-state index contributed by atoms with van der Waals surface area (Å²) in [7, 11) is 1.66. The van der Waals surface area contributed by atoms with Gasteiger partial charge in [-0.05, 0) is 73.9 Å². The van der Waals surface area contributed by atoms with Crippen molar-refractivity contribution in [2.24, 2.45) is 0 Å². The molecule has 0 atom stereocenters. The summed E-state index contributed by atoms with van der Waals surface area (Å²) in [6.07, 6.45) is 3.24. The van der Waals surface area contributed by atoms with Crippen LogP contribution in [0.25, 0.3) is 0 Å². The van der Waals surface area contributed by atoms with Gasteiger partial charge in [0.1, 0.15) is 12.4 Å². The van der Waals surface area contributed by atoms with Crippen LogP contribution in [0.4, 0.5) is 0 Å². The molecule has 2 rings (SSSR count). The molecule has 2 aromatic rings. The predicted octanol–water partition coefficient (Wildman–Crippen LogP) is 5.70. The average molecular weight is 426 g/mol. The number of hydrogen-bond acceptors (Lipinski definition) is 3. The first-order valence-electron chi connectivity index (χ1n) is 11.5. The Morgan fingerprint density at radius 1 is 0.903 bits per heavy atom. The van der Waals surface area contributed by atoms with Gasteiger partial charge in [0.2, 0.25) is 0 Å². The van der Waals surface area contributed by atoms with Gasteiger partial charge < -0.3 is 15.2 Å². The van der Waals surface area contributed by atoms with Gasteiger partial charge >= 0.3 is 0 Å². The zero-order chi connectivity index (χ0) is 23.2. The van der Waals surface area contributed by atoms with Crippen molar-refractivity contribution < 1.29 is 14.6 Å². The third-order valence-electron chi connectivity index (χ3n) is 7.00. The first-order valence-corrected chi connectivity index (χ1v) is 11.5. The summed E-state index contributed by atoms with van der Waals surface area (Å²) in [5.74, 6) is 0.760. The SMILES string of the molecule is CCC(O)(CC)COc1ccc(C(CC)(CC)c2ccc(C(=O)NC)c(C)c2)cc1C. The Bertz CT molecular complexity index is 895. The number of benzene rings is 2. The van der Waals surface area contributed by atoms with E-state index in [0.717, 1.165) is 29.7 Å². The minimum atomic E-state index is -0.786. The van der Waals surface area contributed by atoms with E-state index in [-0.39, 0.29) is 11.3 Å². The minimum Gasteiger partial charge on any atom is -0.490 e. The molecule has 0 aliphatic rings. The second-order valence-electron chi connectivity index (χ2n) is 8.60. The Balaban J connectivity index is 2.42. The zero-order valence-electron chi connectivity index (χ0n) is 20.3. The lowest BCUT2D eigenvalue weighted by molar-refractivity contribution is -0.0115. The van der Waals surface area contributed by atoms with Gasteiger partial charge in [-0.1, -0.05) is 52.0 Å². The van der Waals surface area contributed by atoms with Gasteiger partial charge in [0.05, 0.1) is 5.60 Å². The molecular weight excluding hydrogens is 386 g/mol. The molecule has 0 spiro atoms. The number of carbonyl (C=O) groups is 1. The van der Waals surface area contributed by atoms with E-state index in [1.165, 1.54) is 11.1 Å². The average Bonchev–Trinajstić information content (AvgIpc) is 2.79. The molecule has 0 heterocycles. The van der Waals surface area contributed by atoms with Crippen LogP contribution in [0.15, 0.2) is 36.4 Å². The summed E-state index contributed by atoms with van der Waals surface area (Å²) in [4.78, 5) is 12.1. The highest BCUT2D eigenvalue weighted by Gasteiger charge is 2.32. The van der Waals surface area contributed by atoms with E-state index in [4.69, 9.17) is 4.74 Å². The molecule has 31 heavy (non-hydrogen) atoms. The Labute approximate surface area is 188 Å². The summed E-state index contributed by atoms with van der Waals surface area (Å²) < 4.78 is 6.00. The van der Waals surface area contributed by atoms with Gasteiger partial charge in [-0.2, -0.15) is 0 Å². The van der Waals surface area contributed by atoms with Gasteiger partial charge in [-0.3, -0.25) is 4.79 Å². The van der Waals surface area contributed by atoms with Crippen molar-refractivity contribution in [1.82, 2.24) is 5.32 Å². The number of nitrogens with one attached hydrogen (secondary N) is 1. The Hall–Kier alpha value is -2.33. The zero-order valence-corrected chi connectivity index (χ0v) is 20.3. The maximum atomic E-state index is 12.1. The van der Waals surface area contributed by atoms with E-state index in [1.807, 2.05) is 32.9 Å². The Morgan fingerprint density at radius 3 is 1.90 bits per heavy atom. The maximum Gasteiger partial charge on any atom is 0.251 e. The molecule has 0 aliphatic heterocycles. The number of rotatable bonds is 10. The van der Waals surface area contributed by atoms with E-state index in [9.17, 15) is 9.90 Å². The summed E-state index contributed by atoms with van der Waals surface area (Å²) in [5, 5.41) is 13.3. The van der Waals surface area contributed by atoms with Gasteiger partial charge in [0.15, 0.2) is 0 Å². The third kappa shape index (κ3) is 5.12. The smallest absolute Gasteiger partial charge is 0.251 e. The van der Waals surface area contributed by atoms with Crippen LogP contribution in [0.2, 0.25) is 0 Å². The maximum absolute atomic E-state index is 12.1. The highest BCUT2D eigenvalue weighted by molar-refractivity contribution is 5.95. The largest absolute Gasteiger partial charge is 0.490 e. The van der Waals surface area contributed by atoms with Crippen molar-refractivity contribution in [2.75, 3.05) is 13.7 Å². The molecule has 2 aromatic carbocycles. The molecule has 0 saturated heterocycles. The fraction of sp³-hybridized carbons (Fsp3) is 0.519. The molecule has 4 heteroatoms. The molecule has 0 aliphatic carbocycles. The first kappa shape index (κ1) is 24.9. The third-order valence-corrected chi connectivity index (χ3v) is 7.00. The quantitative estimate of drug-likeness (QED) is 0.513. The van der Waals surface area contributed by atoms with Crippen molar-refractivity contribution >= 4 is 5.91 Å². The normalized spacial score (nSPS) is 12.0. The molecule has 0 fully saturated rings. The van der Waals surface area contributed by atoms with Crippen LogP contribution in [0.5, 0.6) is 5.75 Å². The fourth-order valence-corrected chi connectivity index (χ4v) is 4.36.